The molecule has 2 aliphatic heterocycles. The molecule has 0 unspecified atom stereocenters. The number of aliphatic hydroxyl groups is 1. The van der Waals surface area contributed by atoms with Gasteiger partial charge < -0.3 is 14.7 Å². The lowest BCUT2D eigenvalue weighted by atomic mass is 9.81. The predicted molar refractivity (Wildman–Crippen MR) is 107 cm³/mol. The third-order valence-corrected chi connectivity index (χ3v) is 6.04. The van der Waals surface area contributed by atoms with E-state index in [1.165, 1.54) is 0 Å². The molecule has 148 valence electrons. The second kappa shape index (κ2) is 8.41. The summed E-state index contributed by atoms with van der Waals surface area (Å²) in [4.78, 5) is 18.7. The number of benzene rings is 1. The number of pyridine rings is 1. The van der Waals surface area contributed by atoms with E-state index >= 15 is 0 Å². The van der Waals surface area contributed by atoms with Gasteiger partial charge in [-0.3, -0.25) is 9.78 Å². The number of carbonyl (C=O) groups excluding carboxylic acids is 1. The van der Waals surface area contributed by atoms with Gasteiger partial charge in [0, 0.05) is 44.7 Å². The highest BCUT2D eigenvalue weighted by Crippen LogP contribution is 2.43. The average molecular weight is 380 g/mol. The minimum atomic E-state index is -0.355. The van der Waals surface area contributed by atoms with Gasteiger partial charge in [0.15, 0.2) is 0 Å². The summed E-state index contributed by atoms with van der Waals surface area (Å²) in [7, 11) is 0. The number of aromatic nitrogens is 1. The van der Waals surface area contributed by atoms with Crippen LogP contribution < -0.4 is 0 Å². The molecule has 0 aliphatic carbocycles. The zero-order chi connectivity index (χ0) is 19.4. The van der Waals surface area contributed by atoms with E-state index in [2.05, 4.69) is 17.1 Å². The highest BCUT2D eigenvalue weighted by Gasteiger charge is 2.44. The molecule has 0 radical (unpaired) electrons. The van der Waals surface area contributed by atoms with Gasteiger partial charge in [0.05, 0.1) is 17.8 Å². The molecule has 28 heavy (non-hydrogen) atoms. The number of likely N-dealkylation sites (tertiary alicyclic amines) is 1. The monoisotopic (exact) mass is 380 g/mol. The van der Waals surface area contributed by atoms with Crippen LogP contribution in [0.2, 0.25) is 0 Å². The van der Waals surface area contributed by atoms with Crippen LogP contribution in [0.3, 0.4) is 0 Å². The van der Waals surface area contributed by atoms with Gasteiger partial charge in [-0.15, -0.1) is 0 Å². The van der Waals surface area contributed by atoms with Crippen LogP contribution in [-0.4, -0.2) is 45.7 Å². The standard InChI is InChI=1S/C23H28N2O3/c26-20-15-21(19-6-2-1-3-7-19)28-23(16-20)10-13-25(14-11-23)22(27)9-8-18-5-4-12-24-17-18/h1-7,12,17,20-21,26H,8-11,13-16H2/t20-,21-/m1/s1. The molecule has 2 fully saturated rings. The summed E-state index contributed by atoms with van der Waals surface area (Å²) >= 11 is 0. The van der Waals surface area contributed by atoms with Crippen molar-refractivity contribution >= 4 is 5.91 Å². The Balaban J connectivity index is 1.34. The first kappa shape index (κ1) is 19.1. The van der Waals surface area contributed by atoms with Crippen LogP contribution in [0.5, 0.6) is 0 Å². The van der Waals surface area contributed by atoms with Gasteiger partial charge in [0.1, 0.15) is 0 Å². The third-order valence-electron chi connectivity index (χ3n) is 6.04. The number of hydrogen-bond acceptors (Lipinski definition) is 4. The molecule has 1 aromatic carbocycles. The minimum Gasteiger partial charge on any atom is -0.393 e. The number of piperidine rings is 1. The lowest BCUT2D eigenvalue weighted by molar-refractivity contribution is -0.185. The van der Waals surface area contributed by atoms with Crippen molar-refractivity contribution in [1.82, 2.24) is 9.88 Å². The lowest BCUT2D eigenvalue weighted by Crippen LogP contribution is -2.52. The smallest absolute Gasteiger partial charge is 0.222 e. The van der Waals surface area contributed by atoms with Gasteiger partial charge in [0.25, 0.3) is 0 Å². The fraction of sp³-hybridized carbons (Fsp3) is 0.478. The number of ether oxygens (including phenoxy) is 1. The number of aryl methyl sites for hydroxylation is 1. The number of hydrogen-bond donors (Lipinski definition) is 1. The van der Waals surface area contributed by atoms with Crippen LogP contribution in [-0.2, 0) is 16.0 Å². The maximum Gasteiger partial charge on any atom is 0.222 e. The van der Waals surface area contributed by atoms with Crippen LogP contribution in [0, 0.1) is 0 Å². The number of nitrogens with zero attached hydrogens (tertiary/aromatic N) is 2. The Bertz CT molecular complexity index is 773. The zero-order valence-corrected chi connectivity index (χ0v) is 16.2. The summed E-state index contributed by atoms with van der Waals surface area (Å²) in [6.45, 7) is 1.39. The predicted octanol–water partition coefficient (Wildman–Crippen LogP) is 3.29. The Morgan fingerprint density at radius 3 is 2.68 bits per heavy atom. The molecule has 4 rings (SSSR count). The highest BCUT2D eigenvalue weighted by molar-refractivity contribution is 5.76. The van der Waals surface area contributed by atoms with Crippen LogP contribution in [0.25, 0.3) is 0 Å². The maximum atomic E-state index is 12.6. The lowest BCUT2D eigenvalue weighted by Gasteiger charge is -2.48. The summed E-state index contributed by atoms with van der Waals surface area (Å²) in [6.07, 6.45) is 7.24. The molecule has 5 nitrogen and oxygen atoms in total. The Morgan fingerprint density at radius 1 is 1.18 bits per heavy atom. The molecule has 2 saturated heterocycles. The quantitative estimate of drug-likeness (QED) is 0.884. The molecule has 1 spiro atoms. The third kappa shape index (κ3) is 4.42. The fourth-order valence-electron chi connectivity index (χ4n) is 4.47. The number of rotatable bonds is 4. The van der Waals surface area contributed by atoms with Crippen molar-refractivity contribution in [2.24, 2.45) is 0 Å². The number of amides is 1. The Morgan fingerprint density at radius 2 is 1.96 bits per heavy atom. The van der Waals surface area contributed by atoms with Crippen LogP contribution in [0.15, 0.2) is 54.9 Å². The van der Waals surface area contributed by atoms with Gasteiger partial charge in [-0.1, -0.05) is 36.4 Å². The van der Waals surface area contributed by atoms with Crippen LogP contribution in [0.1, 0.15) is 49.3 Å². The molecule has 3 heterocycles. The molecule has 0 saturated carbocycles. The molecule has 1 aromatic heterocycles. The highest BCUT2D eigenvalue weighted by atomic mass is 16.5. The van der Waals surface area contributed by atoms with E-state index in [-0.39, 0.29) is 23.7 Å². The first-order valence-electron chi connectivity index (χ1n) is 10.2. The van der Waals surface area contributed by atoms with Crippen molar-refractivity contribution in [2.45, 2.75) is 56.3 Å². The Labute approximate surface area is 166 Å². The van der Waals surface area contributed by atoms with E-state index in [0.29, 0.717) is 32.4 Å². The summed E-state index contributed by atoms with van der Waals surface area (Å²) in [5.74, 6) is 0.190. The molecule has 2 atom stereocenters. The minimum absolute atomic E-state index is 0.0715. The first-order chi connectivity index (χ1) is 13.6. The van der Waals surface area contributed by atoms with Gasteiger partial charge in [-0.2, -0.15) is 0 Å². The van der Waals surface area contributed by atoms with Gasteiger partial charge in [0.2, 0.25) is 5.91 Å². The molecular weight excluding hydrogens is 352 g/mol. The van der Waals surface area contributed by atoms with Gasteiger partial charge in [-0.05, 0) is 36.5 Å². The van der Waals surface area contributed by atoms with Crippen molar-refractivity contribution in [1.29, 1.82) is 0 Å². The average Bonchev–Trinajstić information content (AvgIpc) is 2.73. The van der Waals surface area contributed by atoms with Gasteiger partial charge >= 0.3 is 0 Å². The summed E-state index contributed by atoms with van der Waals surface area (Å²) in [5, 5.41) is 10.5. The van der Waals surface area contributed by atoms with Crippen molar-refractivity contribution in [3.8, 4) is 0 Å². The normalized spacial score (nSPS) is 24.2. The van der Waals surface area contributed by atoms with Gasteiger partial charge in [-0.25, -0.2) is 0 Å². The zero-order valence-electron chi connectivity index (χ0n) is 16.2. The molecule has 0 bridgehead atoms. The molecular formula is C23H28N2O3. The maximum absolute atomic E-state index is 12.6. The van der Waals surface area contributed by atoms with Crippen molar-refractivity contribution < 1.29 is 14.6 Å². The molecule has 1 N–H and O–H groups in total. The summed E-state index contributed by atoms with van der Waals surface area (Å²) in [6, 6.07) is 14.0. The number of aliphatic hydroxyl groups excluding tert-OH is 1. The van der Waals surface area contributed by atoms with E-state index in [1.54, 1.807) is 6.20 Å². The van der Waals surface area contributed by atoms with E-state index < -0.39 is 0 Å². The van der Waals surface area contributed by atoms with E-state index in [1.807, 2.05) is 41.4 Å². The number of carbonyl (C=O) groups is 1. The van der Waals surface area contributed by atoms with E-state index in [9.17, 15) is 9.90 Å². The van der Waals surface area contributed by atoms with Crippen LogP contribution in [0.4, 0.5) is 0 Å². The van der Waals surface area contributed by atoms with E-state index in [0.717, 1.165) is 30.4 Å². The summed E-state index contributed by atoms with van der Waals surface area (Å²) in [5.41, 5.74) is 1.89. The van der Waals surface area contributed by atoms with Crippen LogP contribution >= 0.6 is 0 Å². The Hall–Kier alpha value is -2.24. The molecule has 2 aliphatic rings. The van der Waals surface area contributed by atoms with Crippen molar-refractivity contribution in [2.75, 3.05) is 13.1 Å². The molecule has 5 heteroatoms. The second-order valence-electron chi connectivity index (χ2n) is 8.04. The van der Waals surface area contributed by atoms with Crippen molar-refractivity contribution in [3.63, 3.8) is 0 Å². The topological polar surface area (TPSA) is 62.7 Å². The second-order valence-corrected chi connectivity index (χ2v) is 8.04. The fourth-order valence-corrected chi connectivity index (χ4v) is 4.47. The SMILES string of the molecule is O=C(CCc1cccnc1)N1CCC2(CC1)C[C@H](O)C[C@H](c1ccccc1)O2. The largest absolute Gasteiger partial charge is 0.393 e. The first-order valence-corrected chi connectivity index (χ1v) is 10.2. The van der Waals surface area contributed by atoms with Crippen molar-refractivity contribution in [3.05, 3.63) is 66.0 Å². The Kier molecular flexibility index (Phi) is 5.74. The van der Waals surface area contributed by atoms with E-state index in [4.69, 9.17) is 4.74 Å². The molecule has 2 aromatic rings. The molecule has 1 amide bonds. The summed E-state index contributed by atoms with van der Waals surface area (Å²) < 4.78 is 6.52.